The van der Waals surface area contributed by atoms with Crippen molar-refractivity contribution in [2.75, 3.05) is 20.1 Å². The summed E-state index contributed by atoms with van der Waals surface area (Å²) >= 11 is 0. The smallest absolute Gasteiger partial charge is 0.334 e. The monoisotopic (exact) mass is 1260 g/mol. The number of carbonyl (C=O) groups excluding carboxylic acids is 11. The normalized spacial score (nSPS) is 14.3. The summed E-state index contributed by atoms with van der Waals surface area (Å²) < 4.78 is 14.5. The van der Waals surface area contributed by atoms with E-state index in [9.17, 15) is 67.3 Å². The maximum absolute atomic E-state index is 14.5. The first kappa shape index (κ1) is 72.6. The van der Waals surface area contributed by atoms with E-state index in [1.54, 1.807) is 20.0 Å². The number of aromatic nitrogens is 1. The van der Waals surface area contributed by atoms with Crippen LogP contribution >= 0.6 is 0 Å². The molecule has 0 saturated carbocycles. The van der Waals surface area contributed by atoms with Gasteiger partial charge in [-0.05, 0) is 105 Å². The second kappa shape index (κ2) is 36.4. The largest absolute Gasteiger partial charge is 0.508 e. The fourth-order valence-electron chi connectivity index (χ4n) is 9.33. The highest BCUT2D eigenvalue weighted by Gasteiger charge is 2.36. The number of phenolic OH excluding ortho intramolecular Hbond substituents is 1. The molecule has 90 heavy (non-hydrogen) atoms. The van der Waals surface area contributed by atoms with Crippen molar-refractivity contribution in [1.82, 2.24) is 63.7 Å². The number of carbonyl (C=O) groups is 11. The van der Waals surface area contributed by atoms with Crippen LogP contribution in [-0.4, -0.2) is 161 Å². The number of phenols is 1. The zero-order valence-electron chi connectivity index (χ0n) is 50.8. The average molecular weight is 1260 g/mol. The van der Waals surface area contributed by atoms with E-state index in [-0.39, 0.29) is 81.2 Å². The number of nitrogens with zero attached hydrogens (tertiary/aromatic N) is 1. The van der Waals surface area contributed by atoms with Gasteiger partial charge in [0, 0.05) is 56.9 Å². The number of rotatable bonds is 35. The first-order chi connectivity index (χ1) is 42.7. The number of unbranched alkanes of at least 4 members (excludes halogenated alkanes) is 1. The van der Waals surface area contributed by atoms with Crippen LogP contribution in [-0.2, 0) is 67.2 Å². The Bertz CT molecular complexity index is 3160. The van der Waals surface area contributed by atoms with Crippen LogP contribution in [0.4, 0.5) is 9.18 Å². The molecule has 4 aromatic rings. The molecule has 490 valence electrons. The molecule has 0 aliphatic rings. The van der Waals surface area contributed by atoms with E-state index in [0.717, 1.165) is 30.0 Å². The van der Waals surface area contributed by atoms with Crippen LogP contribution in [0.15, 0.2) is 84.0 Å². The highest BCUT2D eigenvalue weighted by molar-refractivity contribution is 5.99. The molecule has 1 aromatic heterocycles. The fourth-order valence-corrected chi connectivity index (χ4v) is 9.33. The number of hydrazine groups is 1. The summed E-state index contributed by atoms with van der Waals surface area (Å²) in [7, 11) is 1.47. The lowest BCUT2D eigenvalue weighted by Gasteiger charge is -2.28. The molecule has 30 nitrogen and oxygen atoms in total. The quantitative estimate of drug-likeness (QED) is 0.00971. The third kappa shape index (κ3) is 24.7. The number of urea groups is 1. The van der Waals surface area contributed by atoms with E-state index in [1.165, 1.54) is 50.4 Å². The van der Waals surface area contributed by atoms with Gasteiger partial charge < -0.3 is 86.0 Å². The zero-order valence-corrected chi connectivity index (χ0v) is 50.8. The number of amides is 12. The molecule has 0 unspecified atom stereocenters. The number of nitrogens with one attached hydrogen (secondary N) is 12. The van der Waals surface area contributed by atoms with Crippen molar-refractivity contribution in [3.8, 4) is 5.75 Å². The summed E-state index contributed by atoms with van der Waals surface area (Å²) in [5.41, 5.74) is 29.1. The Kier molecular flexibility index (Phi) is 29.4. The van der Waals surface area contributed by atoms with Gasteiger partial charge in [0.05, 0.1) is 12.5 Å². The molecule has 0 spiro atoms. The topological polar surface area (TPSA) is 493 Å². The van der Waals surface area contributed by atoms with Crippen LogP contribution in [0, 0.1) is 11.7 Å². The number of aliphatic hydroxyl groups excluding tert-OH is 1. The van der Waals surface area contributed by atoms with Gasteiger partial charge in [-0.3, -0.25) is 58.4 Å². The molecule has 4 rings (SSSR count). The van der Waals surface area contributed by atoms with Crippen LogP contribution in [0.3, 0.4) is 0 Å². The second-order valence-corrected chi connectivity index (χ2v) is 21.9. The van der Waals surface area contributed by atoms with Crippen LogP contribution in [0.5, 0.6) is 5.75 Å². The molecule has 0 saturated heterocycles. The van der Waals surface area contributed by atoms with Crippen molar-refractivity contribution < 1.29 is 67.3 Å². The predicted octanol–water partition coefficient (Wildman–Crippen LogP) is -2.62. The fraction of sp³-hybridized carbons (Fsp3) is 0.458. The number of aromatic hydroxyl groups is 1. The number of primary amides is 2. The van der Waals surface area contributed by atoms with Gasteiger partial charge in [0.15, 0.2) is 5.96 Å². The molecule has 0 aliphatic heterocycles. The molecule has 31 heteroatoms. The lowest BCUT2D eigenvalue weighted by molar-refractivity contribution is -0.137. The summed E-state index contributed by atoms with van der Waals surface area (Å²) in [5.74, 6) is -10.5. The van der Waals surface area contributed by atoms with Gasteiger partial charge >= 0.3 is 6.03 Å². The first-order valence-corrected chi connectivity index (χ1v) is 29.1. The van der Waals surface area contributed by atoms with Gasteiger partial charge in [-0.1, -0.05) is 56.3 Å². The van der Waals surface area contributed by atoms with Crippen LogP contribution < -0.4 is 81.6 Å². The van der Waals surface area contributed by atoms with Crippen molar-refractivity contribution >= 4 is 82.0 Å². The van der Waals surface area contributed by atoms with Crippen molar-refractivity contribution in [2.45, 2.75) is 146 Å². The van der Waals surface area contributed by atoms with Gasteiger partial charge in [0.25, 0.3) is 5.91 Å². The Morgan fingerprint density at radius 1 is 0.600 bits per heavy atom. The number of benzene rings is 3. The Hall–Kier alpha value is -9.91. The van der Waals surface area contributed by atoms with Crippen LogP contribution in [0.25, 0.3) is 10.9 Å². The van der Waals surface area contributed by atoms with E-state index in [4.69, 9.17) is 22.9 Å². The number of nitrogens with two attached hydrogens (primary N) is 4. The standard InChI is InChI=1S/C59H84FN17O13/c1-31(2)24-44(53(85)70-42(17-11-23-66-58(64)65-5)51(83)71-43(50(63)82)28-36-30-67-40-15-7-6-14-39(36)40)74-59(90)77-76-56(88)46(27-35-12-10-13-37(60)25-35)73-57(89)49(32(3)78)75-55(87)47(29-48(62)81)72-52(84)41(16-8-9-22-61)69-54(86)45(68-33(4)79)26-34-18-20-38(80)21-19-34/h6-7,10,12-15,18-21,25,30-32,41-47,49,67,78,80H,8-9,11,16-17,22-24,26-29,61H2,1-5H3,(H2,62,81)(H2,63,82)(H,68,79)(H,69,86)(H,70,85)(H,71,83)(H,72,84)(H,73,89)(H,75,87)(H,76,88)(H3,64,65,66)(H2,74,77,90)/t32-,41+,42+,43+,44+,45-,46+,47+,49+/m1/s1. The molecule has 1 heterocycles. The number of para-hydroxylation sites is 1. The van der Waals surface area contributed by atoms with Crippen molar-refractivity contribution in [2.24, 2.45) is 33.8 Å². The van der Waals surface area contributed by atoms with Gasteiger partial charge in [-0.15, -0.1) is 0 Å². The van der Waals surface area contributed by atoms with Gasteiger partial charge in [-0.25, -0.2) is 14.6 Å². The highest BCUT2D eigenvalue weighted by atomic mass is 19.1. The molecule has 0 bridgehead atoms. The Balaban J connectivity index is 1.52. The van der Waals surface area contributed by atoms with Crippen molar-refractivity contribution in [1.29, 1.82) is 0 Å². The minimum Gasteiger partial charge on any atom is -0.508 e. The summed E-state index contributed by atoms with van der Waals surface area (Å²) in [6.07, 6.45) is -0.635. The van der Waals surface area contributed by atoms with E-state index in [0.29, 0.717) is 17.5 Å². The minimum absolute atomic E-state index is 0.00360. The molecule has 0 radical (unpaired) electrons. The van der Waals surface area contributed by atoms with Crippen molar-refractivity contribution in [3.63, 3.8) is 0 Å². The molecule has 22 N–H and O–H groups in total. The third-order valence-electron chi connectivity index (χ3n) is 13.9. The molecular formula is C59H84FN17O13. The molecule has 12 amide bonds. The third-order valence-corrected chi connectivity index (χ3v) is 13.9. The SMILES string of the molecule is CN=C(N)NCCC[C@H](NC(=O)[C@H](CC(C)C)NC(=O)NNC(=O)[C@H](Cc1cccc(F)c1)NC(=O)[C@@H](NC(=O)[C@H](CC(N)=O)NC(=O)[C@H](CCCCN)NC(=O)[C@@H](Cc1ccc(O)cc1)NC(C)=O)[C@@H](C)O)C(=O)N[C@@H](Cc1c[nH]c2ccccc12)C(N)=O. The van der Waals surface area contributed by atoms with Gasteiger partial charge in [0.2, 0.25) is 53.2 Å². The first-order valence-electron chi connectivity index (χ1n) is 29.1. The molecule has 0 fully saturated rings. The second-order valence-electron chi connectivity index (χ2n) is 21.9. The molecule has 0 aliphatic carbocycles. The van der Waals surface area contributed by atoms with Crippen LogP contribution in [0.1, 0.15) is 89.3 Å². The van der Waals surface area contributed by atoms with Crippen molar-refractivity contribution in [3.05, 3.63) is 102 Å². The maximum atomic E-state index is 14.5. The highest BCUT2D eigenvalue weighted by Crippen LogP contribution is 2.20. The predicted molar refractivity (Wildman–Crippen MR) is 329 cm³/mol. The number of guanidine groups is 1. The summed E-state index contributed by atoms with van der Waals surface area (Å²) in [6.45, 7) is 6.18. The number of hydrogen-bond acceptors (Lipinski definition) is 15. The number of halogens is 1. The minimum atomic E-state index is -1.95. The molecule has 9 atom stereocenters. The lowest BCUT2D eigenvalue weighted by Crippen LogP contribution is -2.62. The van der Waals surface area contributed by atoms with E-state index >= 15 is 0 Å². The average Bonchev–Trinajstić information content (AvgIpc) is 2.14. The van der Waals surface area contributed by atoms with Gasteiger partial charge in [0.1, 0.15) is 59.9 Å². The molecule has 3 aromatic carbocycles. The summed E-state index contributed by atoms with van der Waals surface area (Å²) in [6, 6.07) is 4.78. The maximum Gasteiger partial charge on any atom is 0.334 e. The van der Waals surface area contributed by atoms with E-state index < -0.39 is 138 Å². The Morgan fingerprint density at radius 2 is 1.18 bits per heavy atom. The number of fused-ring (bicyclic) bond motifs is 1. The number of H-pyrrole nitrogens is 1. The van der Waals surface area contributed by atoms with E-state index in [2.05, 4.69) is 68.7 Å². The number of hydrogen-bond donors (Lipinski definition) is 18. The lowest BCUT2D eigenvalue weighted by atomic mass is 10.0. The summed E-state index contributed by atoms with van der Waals surface area (Å²) in [5, 5.41) is 44.2. The number of aliphatic imine (C=N–C) groups is 1. The molecular weight excluding hydrogens is 1170 g/mol. The Labute approximate surface area is 518 Å². The van der Waals surface area contributed by atoms with Crippen LogP contribution in [0.2, 0.25) is 0 Å². The number of aliphatic hydroxyl groups is 1. The van der Waals surface area contributed by atoms with Gasteiger partial charge in [-0.2, -0.15) is 0 Å². The van der Waals surface area contributed by atoms with E-state index in [1.807, 2.05) is 24.3 Å². The Morgan fingerprint density at radius 3 is 1.78 bits per heavy atom. The zero-order chi connectivity index (χ0) is 66.6. The summed E-state index contributed by atoms with van der Waals surface area (Å²) in [4.78, 5) is 156. The number of aromatic amines is 1.